The standard InChI is InChI=1S/C18H16ClN3O/c19-14-7-5-13(6-8-14)9-10-22-18(23)16-4-2-1-3-15(16)17-20-11-12-21-17/h1-8,11-12H,9-10H2,(H,20,21)(H,22,23). The van der Waals surface area contributed by atoms with Crippen molar-refractivity contribution in [3.05, 3.63) is 77.1 Å². The molecular weight excluding hydrogens is 310 g/mol. The molecule has 0 bridgehead atoms. The molecule has 0 aliphatic heterocycles. The third kappa shape index (κ3) is 3.79. The van der Waals surface area contributed by atoms with E-state index in [0.29, 0.717) is 23.0 Å². The summed E-state index contributed by atoms with van der Waals surface area (Å²) >= 11 is 5.86. The molecule has 0 spiro atoms. The van der Waals surface area contributed by atoms with Gasteiger partial charge in [-0.3, -0.25) is 4.79 Å². The van der Waals surface area contributed by atoms with Crippen molar-refractivity contribution in [3.63, 3.8) is 0 Å². The minimum atomic E-state index is -0.106. The summed E-state index contributed by atoms with van der Waals surface area (Å²) in [5.74, 6) is 0.583. The lowest BCUT2D eigenvalue weighted by Crippen LogP contribution is -2.26. The fraction of sp³-hybridized carbons (Fsp3) is 0.111. The summed E-state index contributed by atoms with van der Waals surface area (Å²) in [6, 6.07) is 15.1. The first-order valence-electron chi connectivity index (χ1n) is 7.35. The van der Waals surface area contributed by atoms with Gasteiger partial charge in [0, 0.05) is 29.5 Å². The van der Waals surface area contributed by atoms with Crippen molar-refractivity contribution in [1.29, 1.82) is 0 Å². The molecule has 0 unspecified atom stereocenters. The van der Waals surface area contributed by atoms with Crippen LogP contribution in [0, 0.1) is 0 Å². The van der Waals surface area contributed by atoms with Crippen LogP contribution in [0.2, 0.25) is 5.02 Å². The van der Waals surface area contributed by atoms with Crippen molar-refractivity contribution < 1.29 is 4.79 Å². The Hall–Kier alpha value is -2.59. The summed E-state index contributed by atoms with van der Waals surface area (Å²) in [5, 5.41) is 3.66. The first-order valence-corrected chi connectivity index (χ1v) is 7.73. The SMILES string of the molecule is O=C(NCCc1ccc(Cl)cc1)c1ccccc1-c1ncc[nH]1. The molecule has 0 atom stereocenters. The molecule has 0 saturated heterocycles. The van der Waals surface area contributed by atoms with Gasteiger partial charge in [0.25, 0.3) is 5.91 Å². The van der Waals surface area contributed by atoms with Crippen LogP contribution in [0.3, 0.4) is 0 Å². The zero-order valence-electron chi connectivity index (χ0n) is 12.4. The maximum atomic E-state index is 12.4. The number of aromatic amines is 1. The molecule has 5 heteroatoms. The number of rotatable bonds is 5. The van der Waals surface area contributed by atoms with Crippen LogP contribution in [0.25, 0.3) is 11.4 Å². The van der Waals surface area contributed by atoms with Crippen molar-refractivity contribution in [1.82, 2.24) is 15.3 Å². The predicted molar refractivity (Wildman–Crippen MR) is 91.5 cm³/mol. The number of nitrogens with one attached hydrogen (secondary N) is 2. The van der Waals surface area contributed by atoms with E-state index in [1.54, 1.807) is 18.5 Å². The number of halogens is 1. The lowest BCUT2D eigenvalue weighted by Gasteiger charge is -2.09. The van der Waals surface area contributed by atoms with Gasteiger partial charge in [-0.2, -0.15) is 0 Å². The number of carbonyl (C=O) groups is 1. The van der Waals surface area contributed by atoms with E-state index in [-0.39, 0.29) is 5.91 Å². The van der Waals surface area contributed by atoms with Crippen LogP contribution in [0.1, 0.15) is 15.9 Å². The average molecular weight is 326 g/mol. The number of benzene rings is 2. The average Bonchev–Trinajstić information content (AvgIpc) is 3.11. The summed E-state index contributed by atoms with van der Waals surface area (Å²) < 4.78 is 0. The summed E-state index contributed by atoms with van der Waals surface area (Å²) in [6.07, 6.45) is 4.17. The highest BCUT2D eigenvalue weighted by Gasteiger charge is 2.13. The molecule has 116 valence electrons. The van der Waals surface area contributed by atoms with Crippen LogP contribution in [0.4, 0.5) is 0 Å². The van der Waals surface area contributed by atoms with Crippen molar-refractivity contribution in [3.8, 4) is 11.4 Å². The number of hydrogen-bond acceptors (Lipinski definition) is 2. The van der Waals surface area contributed by atoms with Gasteiger partial charge in [0.15, 0.2) is 0 Å². The zero-order chi connectivity index (χ0) is 16.1. The van der Waals surface area contributed by atoms with Crippen molar-refractivity contribution in [2.75, 3.05) is 6.54 Å². The van der Waals surface area contributed by atoms with E-state index in [9.17, 15) is 4.79 Å². The smallest absolute Gasteiger partial charge is 0.252 e. The maximum Gasteiger partial charge on any atom is 0.252 e. The van der Waals surface area contributed by atoms with Gasteiger partial charge in [-0.05, 0) is 30.2 Å². The second-order valence-electron chi connectivity index (χ2n) is 5.12. The maximum absolute atomic E-state index is 12.4. The minimum absolute atomic E-state index is 0.106. The first kappa shape index (κ1) is 15.3. The Morgan fingerprint density at radius 1 is 1.13 bits per heavy atom. The van der Waals surface area contributed by atoms with E-state index in [1.807, 2.05) is 42.5 Å². The molecule has 2 aromatic carbocycles. The van der Waals surface area contributed by atoms with Crippen LogP contribution in [0.15, 0.2) is 60.9 Å². The van der Waals surface area contributed by atoms with Crippen LogP contribution < -0.4 is 5.32 Å². The quantitative estimate of drug-likeness (QED) is 0.751. The molecule has 0 fully saturated rings. The molecule has 3 aromatic rings. The van der Waals surface area contributed by atoms with E-state index < -0.39 is 0 Å². The Bertz CT molecular complexity index is 782. The van der Waals surface area contributed by atoms with Gasteiger partial charge in [-0.15, -0.1) is 0 Å². The van der Waals surface area contributed by atoms with Gasteiger partial charge < -0.3 is 10.3 Å². The van der Waals surface area contributed by atoms with Gasteiger partial charge >= 0.3 is 0 Å². The van der Waals surface area contributed by atoms with E-state index in [2.05, 4.69) is 15.3 Å². The molecule has 1 amide bonds. The van der Waals surface area contributed by atoms with Crippen molar-refractivity contribution in [2.45, 2.75) is 6.42 Å². The van der Waals surface area contributed by atoms with Crippen molar-refractivity contribution >= 4 is 17.5 Å². The van der Waals surface area contributed by atoms with Gasteiger partial charge in [0.2, 0.25) is 0 Å². The Kier molecular flexibility index (Phi) is 4.74. The largest absolute Gasteiger partial charge is 0.352 e. The van der Waals surface area contributed by atoms with Gasteiger partial charge in [0.05, 0.1) is 5.56 Å². The van der Waals surface area contributed by atoms with E-state index in [0.717, 1.165) is 17.5 Å². The number of imidazole rings is 1. The fourth-order valence-corrected chi connectivity index (χ4v) is 2.49. The first-order chi connectivity index (χ1) is 11.2. The molecule has 2 N–H and O–H groups in total. The Morgan fingerprint density at radius 2 is 1.91 bits per heavy atom. The molecule has 3 rings (SSSR count). The molecule has 0 radical (unpaired) electrons. The highest BCUT2D eigenvalue weighted by atomic mass is 35.5. The number of carbonyl (C=O) groups excluding carboxylic acids is 1. The minimum Gasteiger partial charge on any atom is -0.352 e. The van der Waals surface area contributed by atoms with Crippen LogP contribution in [-0.2, 0) is 6.42 Å². The van der Waals surface area contributed by atoms with Gasteiger partial charge in [-0.1, -0.05) is 41.9 Å². The summed E-state index contributed by atoms with van der Waals surface area (Å²) in [6.45, 7) is 0.562. The van der Waals surface area contributed by atoms with Crippen molar-refractivity contribution in [2.24, 2.45) is 0 Å². The van der Waals surface area contributed by atoms with Crippen LogP contribution >= 0.6 is 11.6 Å². The molecule has 0 saturated carbocycles. The second kappa shape index (κ2) is 7.11. The highest BCUT2D eigenvalue weighted by Crippen LogP contribution is 2.19. The topological polar surface area (TPSA) is 57.8 Å². The number of aromatic nitrogens is 2. The van der Waals surface area contributed by atoms with E-state index in [4.69, 9.17) is 11.6 Å². The number of amides is 1. The lowest BCUT2D eigenvalue weighted by atomic mass is 10.1. The molecule has 0 aliphatic carbocycles. The summed E-state index contributed by atoms with van der Waals surface area (Å²) in [4.78, 5) is 19.7. The molecule has 23 heavy (non-hydrogen) atoms. The lowest BCUT2D eigenvalue weighted by molar-refractivity contribution is 0.0954. The summed E-state index contributed by atoms with van der Waals surface area (Å²) in [5.41, 5.74) is 2.54. The fourth-order valence-electron chi connectivity index (χ4n) is 2.37. The van der Waals surface area contributed by atoms with E-state index in [1.165, 1.54) is 0 Å². The molecule has 1 heterocycles. The number of hydrogen-bond donors (Lipinski definition) is 2. The third-order valence-electron chi connectivity index (χ3n) is 3.54. The molecular formula is C18H16ClN3O. The van der Waals surface area contributed by atoms with Crippen LogP contribution in [-0.4, -0.2) is 22.4 Å². The van der Waals surface area contributed by atoms with Gasteiger partial charge in [0.1, 0.15) is 5.82 Å². The molecule has 0 aliphatic rings. The Balaban J connectivity index is 1.66. The summed E-state index contributed by atoms with van der Waals surface area (Å²) in [7, 11) is 0. The number of H-pyrrole nitrogens is 1. The number of nitrogens with zero attached hydrogens (tertiary/aromatic N) is 1. The third-order valence-corrected chi connectivity index (χ3v) is 3.79. The van der Waals surface area contributed by atoms with E-state index >= 15 is 0 Å². The normalized spacial score (nSPS) is 10.5. The highest BCUT2D eigenvalue weighted by molar-refractivity contribution is 6.30. The predicted octanol–water partition coefficient (Wildman–Crippen LogP) is 3.70. The zero-order valence-corrected chi connectivity index (χ0v) is 13.2. The Labute approximate surface area is 139 Å². The monoisotopic (exact) mass is 325 g/mol. The Morgan fingerprint density at radius 3 is 2.65 bits per heavy atom. The molecule has 4 nitrogen and oxygen atoms in total. The van der Waals surface area contributed by atoms with Crippen LogP contribution in [0.5, 0.6) is 0 Å². The second-order valence-corrected chi connectivity index (χ2v) is 5.55. The molecule has 1 aromatic heterocycles. The van der Waals surface area contributed by atoms with Gasteiger partial charge in [-0.25, -0.2) is 4.98 Å².